The summed E-state index contributed by atoms with van der Waals surface area (Å²) in [5.74, 6) is -1.07. The Bertz CT molecular complexity index is 430. The minimum absolute atomic E-state index is 0.0681. The molecule has 1 amide bonds. The van der Waals surface area contributed by atoms with Crippen LogP contribution >= 0.6 is 0 Å². The van der Waals surface area contributed by atoms with Crippen LogP contribution in [0.5, 0.6) is 5.75 Å². The van der Waals surface area contributed by atoms with Gasteiger partial charge in [-0.3, -0.25) is 4.79 Å². The van der Waals surface area contributed by atoms with E-state index >= 15 is 0 Å². The van der Waals surface area contributed by atoms with Crippen molar-refractivity contribution < 1.29 is 24.2 Å². The average molecular weight is 239 g/mol. The summed E-state index contributed by atoms with van der Waals surface area (Å²) >= 11 is 0. The monoisotopic (exact) mass is 239 g/mol. The molecule has 0 saturated heterocycles. The van der Waals surface area contributed by atoms with Gasteiger partial charge in [0.1, 0.15) is 12.4 Å². The van der Waals surface area contributed by atoms with Gasteiger partial charge in [-0.05, 0) is 18.2 Å². The van der Waals surface area contributed by atoms with Gasteiger partial charge in [0.25, 0.3) is 0 Å². The first-order chi connectivity index (χ1) is 8.08. The number of amides is 1. The smallest absolute Gasteiger partial charge is 0.335 e. The molecule has 0 atom stereocenters. The van der Waals surface area contributed by atoms with Gasteiger partial charge in [-0.1, -0.05) is 0 Å². The zero-order chi connectivity index (χ0) is 12.8. The Labute approximate surface area is 98.2 Å². The van der Waals surface area contributed by atoms with Gasteiger partial charge in [0.05, 0.1) is 18.4 Å². The van der Waals surface area contributed by atoms with E-state index in [1.807, 2.05) is 0 Å². The lowest BCUT2D eigenvalue weighted by Crippen LogP contribution is -2.18. The minimum atomic E-state index is -1.07. The summed E-state index contributed by atoms with van der Waals surface area (Å²) < 4.78 is 9.67. The third-order valence-electron chi connectivity index (χ3n) is 2.00. The number of rotatable bonds is 5. The summed E-state index contributed by atoms with van der Waals surface area (Å²) in [5.41, 5.74) is 0.368. The Hall–Kier alpha value is -2.08. The minimum Gasteiger partial charge on any atom is -0.495 e. The summed E-state index contributed by atoms with van der Waals surface area (Å²) in [5, 5.41) is 11.3. The van der Waals surface area contributed by atoms with Gasteiger partial charge < -0.3 is 19.9 Å². The molecule has 6 heteroatoms. The topological polar surface area (TPSA) is 84.9 Å². The number of carbonyl (C=O) groups excluding carboxylic acids is 1. The number of ether oxygens (including phenoxy) is 2. The quantitative estimate of drug-likeness (QED) is 0.800. The lowest BCUT2D eigenvalue weighted by molar-refractivity contribution is -0.119. The van der Waals surface area contributed by atoms with Crippen LogP contribution in [0, 0.1) is 0 Å². The number of hydrogen-bond acceptors (Lipinski definition) is 4. The summed E-state index contributed by atoms with van der Waals surface area (Å²) in [7, 11) is 2.83. The zero-order valence-corrected chi connectivity index (χ0v) is 9.52. The van der Waals surface area contributed by atoms with Gasteiger partial charge >= 0.3 is 5.97 Å². The van der Waals surface area contributed by atoms with Crippen molar-refractivity contribution in [3.8, 4) is 5.75 Å². The summed E-state index contributed by atoms with van der Waals surface area (Å²) in [6, 6.07) is 4.20. The number of anilines is 1. The van der Waals surface area contributed by atoms with Crippen molar-refractivity contribution >= 4 is 17.6 Å². The van der Waals surface area contributed by atoms with Crippen LogP contribution in [0.25, 0.3) is 0 Å². The van der Waals surface area contributed by atoms with E-state index in [1.165, 1.54) is 32.4 Å². The van der Waals surface area contributed by atoms with Crippen LogP contribution in [0.4, 0.5) is 5.69 Å². The molecule has 0 fully saturated rings. The predicted molar refractivity (Wildman–Crippen MR) is 60.5 cm³/mol. The van der Waals surface area contributed by atoms with Crippen LogP contribution in [0.3, 0.4) is 0 Å². The fourth-order valence-corrected chi connectivity index (χ4v) is 1.26. The van der Waals surface area contributed by atoms with Gasteiger partial charge in [0.2, 0.25) is 5.91 Å². The first kappa shape index (κ1) is 13.0. The molecule has 0 aliphatic rings. The molecule has 0 bridgehead atoms. The molecule has 17 heavy (non-hydrogen) atoms. The SMILES string of the molecule is COCC(=O)Nc1cc(C(=O)O)ccc1OC. The molecule has 0 unspecified atom stereocenters. The molecule has 1 rings (SSSR count). The third-order valence-corrected chi connectivity index (χ3v) is 2.00. The van der Waals surface area contributed by atoms with Crippen molar-refractivity contribution in [1.29, 1.82) is 0 Å². The van der Waals surface area contributed by atoms with E-state index in [0.717, 1.165) is 0 Å². The Morgan fingerprint density at radius 1 is 1.35 bits per heavy atom. The van der Waals surface area contributed by atoms with Crippen LogP contribution < -0.4 is 10.1 Å². The van der Waals surface area contributed by atoms with Gasteiger partial charge in [-0.25, -0.2) is 4.79 Å². The first-order valence-electron chi connectivity index (χ1n) is 4.78. The van der Waals surface area contributed by atoms with E-state index in [9.17, 15) is 9.59 Å². The molecule has 0 heterocycles. The number of aromatic carboxylic acids is 1. The second-order valence-electron chi connectivity index (χ2n) is 3.20. The second-order valence-corrected chi connectivity index (χ2v) is 3.20. The van der Waals surface area contributed by atoms with Gasteiger partial charge in [-0.2, -0.15) is 0 Å². The Kier molecular flexibility index (Phi) is 4.47. The lowest BCUT2D eigenvalue weighted by atomic mass is 10.2. The lowest BCUT2D eigenvalue weighted by Gasteiger charge is -2.10. The predicted octanol–water partition coefficient (Wildman–Crippen LogP) is 0.978. The maximum Gasteiger partial charge on any atom is 0.335 e. The van der Waals surface area contributed by atoms with Crippen LogP contribution in [-0.2, 0) is 9.53 Å². The highest BCUT2D eigenvalue weighted by Gasteiger charge is 2.11. The molecular formula is C11H13NO5. The molecule has 1 aromatic rings. The Morgan fingerprint density at radius 3 is 2.59 bits per heavy atom. The molecule has 92 valence electrons. The molecule has 0 aliphatic carbocycles. The number of methoxy groups -OCH3 is 2. The van der Waals surface area contributed by atoms with Crippen molar-refractivity contribution in [1.82, 2.24) is 0 Å². The third kappa shape index (κ3) is 3.46. The fourth-order valence-electron chi connectivity index (χ4n) is 1.26. The average Bonchev–Trinajstić information content (AvgIpc) is 2.29. The summed E-state index contributed by atoms with van der Waals surface area (Å²) in [6.45, 7) is -0.111. The van der Waals surface area contributed by atoms with Crippen LogP contribution in [0.15, 0.2) is 18.2 Å². The maximum absolute atomic E-state index is 11.3. The highest BCUT2D eigenvalue weighted by atomic mass is 16.5. The number of nitrogens with one attached hydrogen (secondary N) is 1. The van der Waals surface area contributed by atoms with E-state index in [2.05, 4.69) is 10.1 Å². The van der Waals surface area contributed by atoms with E-state index < -0.39 is 5.97 Å². The van der Waals surface area contributed by atoms with Crippen LogP contribution in [0.1, 0.15) is 10.4 Å². The molecule has 0 saturated carbocycles. The van der Waals surface area contributed by atoms with Crippen molar-refractivity contribution in [2.75, 3.05) is 26.1 Å². The van der Waals surface area contributed by atoms with Gasteiger partial charge in [-0.15, -0.1) is 0 Å². The summed E-state index contributed by atoms with van der Waals surface area (Å²) in [6.07, 6.45) is 0. The second kappa shape index (κ2) is 5.86. The molecule has 6 nitrogen and oxygen atoms in total. The van der Waals surface area contributed by atoms with E-state index in [4.69, 9.17) is 9.84 Å². The normalized spacial score (nSPS) is 9.76. The Morgan fingerprint density at radius 2 is 2.06 bits per heavy atom. The van der Waals surface area contributed by atoms with Crippen LogP contribution in [-0.4, -0.2) is 37.8 Å². The van der Waals surface area contributed by atoms with Gasteiger partial charge in [0, 0.05) is 7.11 Å². The molecule has 0 radical (unpaired) electrons. The van der Waals surface area contributed by atoms with Crippen molar-refractivity contribution in [2.45, 2.75) is 0 Å². The highest BCUT2D eigenvalue weighted by molar-refractivity contribution is 5.96. The number of carbonyl (C=O) groups is 2. The van der Waals surface area contributed by atoms with Gasteiger partial charge in [0.15, 0.2) is 0 Å². The summed E-state index contributed by atoms with van der Waals surface area (Å²) in [4.78, 5) is 22.1. The largest absolute Gasteiger partial charge is 0.495 e. The zero-order valence-electron chi connectivity index (χ0n) is 9.52. The van der Waals surface area contributed by atoms with Crippen molar-refractivity contribution in [3.63, 3.8) is 0 Å². The van der Waals surface area contributed by atoms with Crippen molar-refractivity contribution in [3.05, 3.63) is 23.8 Å². The fraction of sp³-hybridized carbons (Fsp3) is 0.273. The highest BCUT2D eigenvalue weighted by Crippen LogP contribution is 2.25. The molecule has 1 aromatic carbocycles. The van der Waals surface area contributed by atoms with E-state index in [1.54, 1.807) is 0 Å². The number of benzene rings is 1. The number of carboxylic acids is 1. The molecule has 0 aromatic heterocycles. The maximum atomic E-state index is 11.3. The standard InChI is InChI=1S/C11H13NO5/c1-16-6-10(13)12-8-5-7(11(14)15)3-4-9(8)17-2/h3-5H,6H2,1-2H3,(H,12,13)(H,14,15). The van der Waals surface area contributed by atoms with Crippen molar-refractivity contribution in [2.24, 2.45) is 0 Å². The number of hydrogen-bond donors (Lipinski definition) is 2. The van der Waals surface area contributed by atoms with E-state index in [0.29, 0.717) is 11.4 Å². The van der Waals surface area contributed by atoms with E-state index in [-0.39, 0.29) is 18.1 Å². The Balaban J connectivity index is 2.97. The molecule has 0 spiro atoms. The molecule has 0 aliphatic heterocycles. The molecular weight excluding hydrogens is 226 g/mol. The van der Waals surface area contributed by atoms with Crippen LogP contribution in [0.2, 0.25) is 0 Å². The number of carboxylic acid groups (broad SMARTS) is 1. The first-order valence-corrected chi connectivity index (χ1v) is 4.78. The molecule has 2 N–H and O–H groups in total.